The number of hydrogen-bond donors (Lipinski definition) is 1. The standard InChI is InChI=1S/C20H30O3/c1-13(2)17-11-10-14(3)12-18(17)23-20(22)19(21)15(4)16-8-6-5-7-9-16/h5-9,13-15,17-19,21H,10-12H2,1-4H3/t14?,15-,17+,18?,19+/m0/s1. The lowest BCUT2D eigenvalue weighted by molar-refractivity contribution is -0.167. The Morgan fingerprint density at radius 3 is 2.43 bits per heavy atom. The Kier molecular flexibility index (Phi) is 6.23. The summed E-state index contributed by atoms with van der Waals surface area (Å²) in [7, 11) is 0. The van der Waals surface area contributed by atoms with Crippen molar-refractivity contribution < 1.29 is 14.6 Å². The zero-order valence-electron chi connectivity index (χ0n) is 14.7. The molecule has 0 saturated heterocycles. The third kappa shape index (κ3) is 4.57. The summed E-state index contributed by atoms with van der Waals surface area (Å²) in [5.41, 5.74) is 0.953. The molecule has 1 saturated carbocycles. The van der Waals surface area contributed by atoms with Crippen molar-refractivity contribution in [1.29, 1.82) is 0 Å². The van der Waals surface area contributed by atoms with Crippen LogP contribution in [0.25, 0.3) is 0 Å². The highest BCUT2D eigenvalue weighted by Gasteiger charge is 2.35. The van der Waals surface area contributed by atoms with Crippen molar-refractivity contribution in [3.8, 4) is 0 Å². The van der Waals surface area contributed by atoms with E-state index in [1.165, 1.54) is 6.42 Å². The average Bonchev–Trinajstić information content (AvgIpc) is 2.54. The normalized spacial score (nSPS) is 27.5. The first-order valence-corrected chi connectivity index (χ1v) is 8.83. The fraction of sp³-hybridized carbons (Fsp3) is 0.650. The van der Waals surface area contributed by atoms with Gasteiger partial charge in [0.1, 0.15) is 6.10 Å². The van der Waals surface area contributed by atoms with E-state index in [0.717, 1.165) is 18.4 Å². The monoisotopic (exact) mass is 318 g/mol. The summed E-state index contributed by atoms with van der Waals surface area (Å²) in [5.74, 6) is 0.721. The summed E-state index contributed by atoms with van der Waals surface area (Å²) < 4.78 is 5.75. The second-order valence-electron chi connectivity index (χ2n) is 7.45. The minimum atomic E-state index is -1.11. The molecule has 1 aromatic carbocycles. The molecule has 1 aromatic rings. The smallest absolute Gasteiger partial charge is 0.335 e. The van der Waals surface area contributed by atoms with Crippen molar-refractivity contribution in [2.75, 3.05) is 0 Å². The maximum atomic E-state index is 12.4. The quantitative estimate of drug-likeness (QED) is 0.829. The van der Waals surface area contributed by atoms with E-state index in [-0.39, 0.29) is 12.0 Å². The van der Waals surface area contributed by atoms with Crippen LogP contribution in [-0.4, -0.2) is 23.3 Å². The molecule has 3 nitrogen and oxygen atoms in total. The Balaban J connectivity index is 2.01. The van der Waals surface area contributed by atoms with E-state index in [1.807, 2.05) is 37.3 Å². The second kappa shape index (κ2) is 7.96. The highest BCUT2D eigenvalue weighted by molar-refractivity contribution is 5.76. The number of esters is 1. The van der Waals surface area contributed by atoms with Crippen LogP contribution >= 0.6 is 0 Å². The van der Waals surface area contributed by atoms with Crippen LogP contribution in [0.3, 0.4) is 0 Å². The zero-order valence-corrected chi connectivity index (χ0v) is 14.7. The fourth-order valence-electron chi connectivity index (χ4n) is 3.61. The number of aliphatic hydroxyl groups is 1. The van der Waals surface area contributed by atoms with Crippen LogP contribution in [0, 0.1) is 17.8 Å². The molecule has 2 rings (SSSR count). The summed E-state index contributed by atoms with van der Waals surface area (Å²) in [6.07, 6.45) is 2.02. The van der Waals surface area contributed by atoms with Crippen molar-refractivity contribution in [3.63, 3.8) is 0 Å². The van der Waals surface area contributed by atoms with E-state index in [0.29, 0.717) is 17.8 Å². The van der Waals surface area contributed by atoms with Crippen LogP contribution < -0.4 is 0 Å². The lowest BCUT2D eigenvalue weighted by Crippen LogP contribution is -2.39. The molecule has 0 spiro atoms. The molecule has 1 fully saturated rings. The van der Waals surface area contributed by atoms with Gasteiger partial charge in [-0.15, -0.1) is 0 Å². The van der Waals surface area contributed by atoms with Gasteiger partial charge in [-0.1, -0.05) is 64.4 Å². The number of rotatable bonds is 5. The van der Waals surface area contributed by atoms with Gasteiger partial charge in [-0.3, -0.25) is 0 Å². The molecule has 0 bridgehead atoms. The molecule has 0 radical (unpaired) electrons. The minimum absolute atomic E-state index is 0.0659. The number of benzene rings is 1. The average molecular weight is 318 g/mol. The molecular formula is C20H30O3. The van der Waals surface area contributed by atoms with Gasteiger partial charge in [0.15, 0.2) is 6.10 Å². The third-order valence-electron chi connectivity index (χ3n) is 5.27. The maximum absolute atomic E-state index is 12.4. The highest BCUT2D eigenvalue weighted by atomic mass is 16.6. The molecule has 2 unspecified atom stereocenters. The molecule has 1 N–H and O–H groups in total. The van der Waals surface area contributed by atoms with Gasteiger partial charge in [-0.25, -0.2) is 4.79 Å². The van der Waals surface area contributed by atoms with Crippen LogP contribution in [-0.2, 0) is 9.53 Å². The van der Waals surface area contributed by atoms with Crippen molar-refractivity contribution >= 4 is 5.97 Å². The van der Waals surface area contributed by atoms with Gasteiger partial charge in [-0.05, 0) is 36.2 Å². The largest absolute Gasteiger partial charge is 0.460 e. The van der Waals surface area contributed by atoms with Crippen molar-refractivity contribution in [3.05, 3.63) is 35.9 Å². The predicted molar refractivity (Wildman–Crippen MR) is 92.1 cm³/mol. The van der Waals surface area contributed by atoms with Crippen LogP contribution in [0.5, 0.6) is 0 Å². The number of aliphatic hydroxyl groups excluding tert-OH is 1. The summed E-state index contributed by atoms with van der Waals surface area (Å²) in [5, 5.41) is 10.4. The Hall–Kier alpha value is -1.35. The van der Waals surface area contributed by atoms with Crippen molar-refractivity contribution in [2.45, 2.75) is 65.1 Å². The van der Waals surface area contributed by atoms with Crippen LogP contribution in [0.15, 0.2) is 30.3 Å². The first kappa shape index (κ1) is 18.0. The fourth-order valence-corrected chi connectivity index (χ4v) is 3.61. The van der Waals surface area contributed by atoms with Gasteiger partial charge in [0.05, 0.1) is 0 Å². The predicted octanol–water partition coefficient (Wildman–Crippen LogP) is 4.16. The number of carbonyl (C=O) groups excluding carboxylic acids is 1. The molecule has 5 atom stereocenters. The molecule has 0 amide bonds. The van der Waals surface area contributed by atoms with E-state index in [2.05, 4.69) is 20.8 Å². The van der Waals surface area contributed by atoms with Crippen molar-refractivity contribution in [1.82, 2.24) is 0 Å². The summed E-state index contributed by atoms with van der Waals surface area (Å²) in [6, 6.07) is 9.63. The van der Waals surface area contributed by atoms with Gasteiger partial charge in [0.2, 0.25) is 0 Å². The number of ether oxygens (including phenoxy) is 1. The van der Waals surface area contributed by atoms with Crippen LogP contribution in [0.2, 0.25) is 0 Å². The first-order chi connectivity index (χ1) is 10.9. The molecule has 3 heteroatoms. The summed E-state index contributed by atoms with van der Waals surface area (Å²) >= 11 is 0. The van der Waals surface area contributed by atoms with E-state index in [4.69, 9.17) is 4.74 Å². The van der Waals surface area contributed by atoms with E-state index in [9.17, 15) is 9.90 Å². The highest BCUT2D eigenvalue weighted by Crippen LogP contribution is 2.35. The van der Waals surface area contributed by atoms with Crippen LogP contribution in [0.1, 0.15) is 58.4 Å². The maximum Gasteiger partial charge on any atom is 0.335 e. The first-order valence-electron chi connectivity index (χ1n) is 8.83. The molecule has 1 aliphatic carbocycles. The summed E-state index contributed by atoms with van der Waals surface area (Å²) in [4.78, 5) is 12.4. The van der Waals surface area contributed by atoms with Crippen molar-refractivity contribution in [2.24, 2.45) is 17.8 Å². The molecule has 0 aliphatic heterocycles. The Bertz CT molecular complexity index is 497. The summed E-state index contributed by atoms with van der Waals surface area (Å²) in [6.45, 7) is 8.44. The Morgan fingerprint density at radius 2 is 1.83 bits per heavy atom. The SMILES string of the molecule is CC1CC[C@H](C(C)C)C(OC(=O)[C@H](O)[C@@H](C)c2ccccc2)C1. The number of hydrogen-bond acceptors (Lipinski definition) is 3. The zero-order chi connectivity index (χ0) is 17.0. The third-order valence-corrected chi connectivity index (χ3v) is 5.27. The van der Waals surface area contributed by atoms with E-state index in [1.54, 1.807) is 0 Å². The molecule has 0 heterocycles. The number of carbonyl (C=O) groups is 1. The van der Waals surface area contributed by atoms with Gasteiger partial charge in [0.25, 0.3) is 0 Å². The van der Waals surface area contributed by atoms with Gasteiger partial charge < -0.3 is 9.84 Å². The molecular weight excluding hydrogens is 288 g/mol. The van der Waals surface area contributed by atoms with E-state index < -0.39 is 12.1 Å². The molecule has 0 aromatic heterocycles. The Morgan fingerprint density at radius 1 is 1.17 bits per heavy atom. The minimum Gasteiger partial charge on any atom is -0.460 e. The second-order valence-corrected chi connectivity index (χ2v) is 7.45. The topological polar surface area (TPSA) is 46.5 Å². The molecule has 23 heavy (non-hydrogen) atoms. The van der Waals surface area contributed by atoms with Gasteiger partial charge in [-0.2, -0.15) is 0 Å². The lowest BCUT2D eigenvalue weighted by atomic mass is 9.75. The van der Waals surface area contributed by atoms with Crippen LogP contribution in [0.4, 0.5) is 0 Å². The molecule has 128 valence electrons. The Labute approximate surface area is 140 Å². The van der Waals surface area contributed by atoms with Gasteiger partial charge >= 0.3 is 5.97 Å². The van der Waals surface area contributed by atoms with E-state index >= 15 is 0 Å². The lowest BCUT2D eigenvalue weighted by Gasteiger charge is -2.37. The molecule has 1 aliphatic rings. The van der Waals surface area contributed by atoms with Gasteiger partial charge in [0, 0.05) is 5.92 Å².